The van der Waals surface area contributed by atoms with Crippen LogP contribution in [0.4, 0.5) is 5.82 Å². The van der Waals surface area contributed by atoms with E-state index in [0.29, 0.717) is 0 Å². The van der Waals surface area contributed by atoms with E-state index in [-0.39, 0.29) is 30.7 Å². The van der Waals surface area contributed by atoms with Gasteiger partial charge in [0.2, 0.25) is 0 Å². The fourth-order valence-corrected chi connectivity index (χ4v) is 3.88. The van der Waals surface area contributed by atoms with Crippen LogP contribution < -0.4 is 10.2 Å². The van der Waals surface area contributed by atoms with E-state index in [0.717, 1.165) is 57.9 Å². The second-order valence-electron chi connectivity index (χ2n) is 6.70. The van der Waals surface area contributed by atoms with Crippen LogP contribution in [0.5, 0.6) is 0 Å². The third kappa shape index (κ3) is 4.20. The standard InChI is InChI=1S/C18H24N6O.2ClH/c25-17(18(5-9-19-10-6-18)24-11-3-8-21-24)23-14-12-22(13-15-23)16-4-1-2-7-20-16;;/h1-4,7-8,11,19H,5-6,9-10,12-15H2;2*1H. The van der Waals surface area contributed by atoms with Gasteiger partial charge in [0.05, 0.1) is 0 Å². The Balaban J connectivity index is 0.00000131. The maximum atomic E-state index is 13.4. The molecule has 27 heavy (non-hydrogen) atoms. The molecule has 0 spiro atoms. The Hall–Kier alpha value is -1.83. The molecule has 2 fully saturated rings. The molecule has 7 nitrogen and oxygen atoms in total. The second-order valence-corrected chi connectivity index (χ2v) is 6.70. The van der Waals surface area contributed by atoms with E-state index in [1.165, 1.54) is 0 Å². The highest BCUT2D eigenvalue weighted by Crippen LogP contribution is 2.30. The fraction of sp³-hybridized carbons (Fsp3) is 0.500. The van der Waals surface area contributed by atoms with E-state index < -0.39 is 5.54 Å². The van der Waals surface area contributed by atoms with Gasteiger partial charge < -0.3 is 15.1 Å². The first-order valence-corrected chi connectivity index (χ1v) is 8.96. The van der Waals surface area contributed by atoms with E-state index in [9.17, 15) is 4.79 Å². The lowest BCUT2D eigenvalue weighted by molar-refractivity contribution is -0.143. The van der Waals surface area contributed by atoms with Crippen molar-refractivity contribution in [3.05, 3.63) is 42.9 Å². The molecule has 2 aliphatic heterocycles. The van der Waals surface area contributed by atoms with E-state index in [2.05, 4.69) is 20.3 Å². The van der Waals surface area contributed by atoms with Crippen molar-refractivity contribution in [1.29, 1.82) is 0 Å². The summed E-state index contributed by atoms with van der Waals surface area (Å²) >= 11 is 0. The summed E-state index contributed by atoms with van der Waals surface area (Å²) in [6.45, 7) is 4.78. The van der Waals surface area contributed by atoms with Gasteiger partial charge in [0.1, 0.15) is 11.4 Å². The quantitative estimate of drug-likeness (QED) is 0.827. The van der Waals surface area contributed by atoms with E-state index in [1.54, 1.807) is 6.20 Å². The Morgan fingerprint density at radius 1 is 1.00 bits per heavy atom. The van der Waals surface area contributed by atoms with Crippen molar-refractivity contribution < 1.29 is 4.79 Å². The predicted molar refractivity (Wildman–Crippen MR) is 110 cm³/mol. The van der Waals surface area contributed by atoms with Crippen LogP contribution in [-0.2, 0) is 10.3 Å². The maximum Gasteiger partial charge on any atom is 0.250 e. The van der Waals surface area contributed by atoms with Gasteiger partial charge in [-0.3, -0.25) is 9.48 Å². The molecule has 0 aromatic carbocycles. The molecular formula is C18H26Cl2N6O. The average molecular weight is 413 g/mol. The zero-order valence-corrected chi connectivity index (χ0v) is 16.8. The summed E-state index contributed by atoms with van der Waals surface area (Å²) in [5.41, 5.74) is -0.540. The molecule has 0 aliphatic carbocycles. The third-order valence-electron chi connectivity index (χ3n) is 5.31. The van der Waals surface area contributed by atoms with E-state index >= 15 is 0 Å². The summed E-state index contributed by atoms with van der Waals surface area (Å²) in [6.07, 6.45) is 7.07. The number of carbonyl (C=O) groups is 1. The lowest BCUT2D eigenvalue weighted by Gasteiger charge is -2.43. The van der Waals surface area contributed by atoms with Crippen molar-refractivity contribution >= 4 is 36.5 Å². The number of hydrogen-bond acceptors (Lipinski definition) is 5. The number of halogens is 2. The number of carbonyl (C=O) groups excluding carboxylic acids is 1. The number of amides is 1. The Kier molecular flexibility index (Phi) is 7.47. The lowest BCUT2D eigenvalue weighted by Crippen LogP contribution is -2.59. The van der Waals surface area contributed by atoms with Crippen LogP contribution in [0, 0.1) is 0 Å². The number of hydrogen-bond donors (Lipinski definition) is 1. The van der Waals surface area contributed by atoms with Gasteiger partial charge in [0, 0.05) is 44.8 Å². The first kappa shape index (κ1) is 21.5. The molecule has 2 aliphatic rings. The monoisotopic (exact) mass is 412 g/mol. The van der Waals surface area contributed by atoms with Gasteiger partial charge in [-0.25, -0.2) is 4.98 Å². The average Bonchev–Trinajstić information content (AvgIpc) is 3.24. The van der Waals surface area contributed by atoms with Crippen molar-refractivity contribution in [3.8, 4) is 0 Å². The molecule has 0 unspecified atom stereocenters. The van der Waals surface area contributed by atoms with E-state index in [1.807, 2.05) is 46.2 Å². The Morgan fingerprint density at radius 3 is 2.33 bits per heavy atom. The maximum absolute atomic E-state index is 13.4. The second kappa shape index (κ2) is 9.39. The SMILES string of the molecule is Cl.Cl.O=C(N1CCN(c2ccccn2)CC1)C1(n2cccn2)CCNCC1. The predicted octanol–water partition coefficient (Wildman–Crippen LogP) is 1.55. The molecular weight excluding hydrogens is 387 g/mol. The summed E-state index contributed by atoms with van der Waals surface area (Å²) in [4.78, 5) is 22.1. The molecule has 4 rings (SSSR count). The number of rotatable bonds is 3. The summed E-state index contributed by atoms with van der Waals surface area (Å²) in [5, 5.41) is 7.77. The smallest absolute Gasteiger partial charge is 0.250 e. The largest absolute Gasteiger partial charge is 0.353 e. The Morgan fingerprint density at radius 2 is 1.74 bits per heavy atom. The third-order valence-corrected chi connectivity index (χ3v) is 5.31. The highest BCUT2D eigenvalue weighted by Gasteiger charge is 2.44. The highest BCUT2D eigenvalue weighted by atomic mass is 35.5. The fourth-order valence-electron chi connectivity index (χ4n) is 3.88. The Bertz CT molecular complexity index is 698. The van der Waals surface area contributed by atoms with Crippen LogP contribution in [0.15, 0.2) is 42.9 Å². The molecule has 0 saturated carbocycles. The van der Waals surface area contributed by atoms with Gasteiger partial charge in [-0.15, -0.1) is 24.8 Å². The van der Waals surface area contributed by atoms with Crippen LogP contribution in [0.2, 0.25) is 0 Å². The number of nitrogens with one attached hydrogen (secondary N) is 1. The number of aromatic nitrogens is 3. The van der Waals surface area contributed by atoms with Gasteiger partial charge in [0.25, 0.3) is 5.91 Å². The van der Waals surface area contributed by atoms with Gasteiger partial charge in [-0.2, -0.15) is 5.10 Å². The van der Waals surface area contributed by atoms with Gasteiger partial charge in [-0.05, 0) is 44.1 Å². The minimum atomic E-state index is -0.540. The summed E-state index contributed by atoms with van der Waals surface area (Å²) in [7, 11) is 0. The molecule has 2 saturated heterocycles. The number of piperazine rings is 1. The van der Waals surface area contributed by atoms with Crippen LogP contribution >= 0.6 is 24.8 Å². The number of nitrogens with zero attached hydrogens (tertiary/aromatic N) is 5. The molecule has 9 heteroatoms. The van der Waals surface area contributed by atoms with E-state index in [4.69, 9.17) is 0 Å². The topological polar surface area (TPSA) is 66.3 Å². The first-order valence-electron chi connectivity index (χ1n) is 8.96. The van der Waals surface area contributed by atoms with Crippen LogP contribution in [-0.4, -0.2) is 64.8 Å². The van der Waals surface area contributed by atoms with Crippen LogP contribution in [0.3, 0.4) is 0 Å². The molecule has 148 valence electrons. The van der Waals surface area contributed by atoms with Crippen LogP contribution in [0.25, 0.3) is 0 Å². The summed E-state index contributed by atoms with van der Waals surface area (Å²) in [6, 6.07) is 7.85. The van der Waals surface area contributed by atoms with Crippen molar-refractivity contribution in [2.24, 2.45) is 0 Å². The Labute approximate surface area is 171 Å². The molecule has 2 aromatic rings. The van der Waals surface area contributed by atoms with Gasteiger partial charge >= 0.3 is 0 Å². The molecule has 2 aromatic heterocycles. The molecule has 0 atom stereocenters. The van der Waals surface area contributed by atoms with Crippen molar-refractivity contribution in [1.82, 2.24) is 25.0 Å². The zero-order chi connectivity index (χ0) is 17.1. The first-order chi connectivity index (χ1) is 12.3. The zero-order valence-electron chi connectivity index (χ0n) is 15.2. The normalized spacial score (nSPS) is 19.0. The molecule has 1 N–H and O–H groups in total. The van der Waals surface area contributed by atoms with Crippen molar-refractivity contribution in [2.45, 2.75) is 18.4 Å². The van der Waals surface area contributed by atoms with Gasteiger partial charge in [-0.1, -0.05) is 6.07 Å². The summed E-state index contributed by atoms with van der Waals surface area (Å²) in [5.74, 6) is 1.19. The van der Waals surface area contributed by atoms with Crippen molar-refractivity contribution in [2.75, 3.05) is 44.2 Å². The molecule has 1 amide bonds. The lowest BCUT2D eigenvalue weighted by atomic mass is 9.86. The number of pyridine rings is 1. The molecule has 4 heterocycles. The minimum absolute atomic E-state index is 0. The molecule has 0 radical (unpaired) electrons. The van der Waals surface area contributed by atoms with Crippen LogP contribution in [0.1, 0.15) is 12.8 Å². The number of anilines is 1. The van der Waals surface area contributed by atoms with Gasteiger partial charge in [0.15, 0.2) is 0 Å². The summed E-state index contributed by atoms with van der Waals surface area (Å²) < 4.78 is 1.88. The van der Waals surface area contributed by atoms with Crippen molar-refractivity contribution in [3.63, 3.8) is 0 Å². The minimum Gasteiger partial charge on any atom is -0.353 e. The highest BCUT2D eigenvalue weighted by molar-refractivity contribution is 5.86. The number of piperidine rings is 1. The molecule has 0 bridgehead atoms.